The van der Waals surface area contributed by atoms with Crippen molar-refractivity contribution < 1.29 is 1.43 Å². The minimum Gasteiger partial charge on any atom is -0.403 e. The molecule has 54 valence electrons. The molecular formula is C8H17N. The summed E-state index contributed by atoms with van der Waals surface area (Å²) in [6.07, 6.45) is 1.72. The predicted molar refractivity (Wildman–Crippen MR) is 46.1 cm³/mol. The summed E-state index contributed by atoms with van der Waals surface area (Å²) in [5, 5.41) is 0. The second kappa shape index (κ2) is 7.02. The molecule has 0 fully saturated rings. The Morgan fingerprint density at radius 2 is 1.56 bits per heavy atom. The van der Waals surface area contributed by atoms with Crippen molar-refractivity contribution in [3.8, 4) is 0 Å². The van der Waals surface area contributed by atoms with Gasteiger partial charge in [0.15, 0.2) is 0 Å². The van der Waals surface area contributed by atoms with E-state index >= 15 is 0 Å². The average Bonchev–Trinajstić information content (AvgIpc) is 1.65. The molecule has 0 spiro atoms. The van der Waals surface area contributed by atoms with Crippen LogP contribution in [-0.2, 0) is 0 Å². The number of hydrogen-bond donors (Lipinski definition) is 1. The van der Waals surface area contributed by atoms with Crippen molar-refractivity contribution in [1.29, 1.82) is 0 Å². The van der Waals surface area contributed by atoms with Gasteiger partial charge in [0.2, 0.25) is 0 Å². The van der Waals surface area contributed by atoms with Gasteiger partial charge in [-0.15, -0.1) is 0 Å². The maximum atomic E-state index is 4.92. The maximum Gasteiger partial charge on any atom is 0 e. The van der Waals surface area contributed by atoms with Gasteiger partial charge in [-0.2, -0.15) is 0 Å². The second-order valence-corrected chi connectivity index (χ2v) is 1.90. The van der Waals surface area contributed by atoms with Gasteiger partial charge >= 0.3 is 0 Å². The van der Waals surface area contributed by atoms with Crippen LogP contribution in [0, 0.1) is 0 Å². The molecule has 0 aliphatic heterocycles. The van der Waals surface area contributed by atoms with Crippen LogP contribution in [0.1, 0.15) is 15.3 Å². The van der Waals surface area contributed by atoms with Gasteiger partial charge in [0.1, 0.15) is 0 Å². The standard InChI is InChI=1S/C5H8.C3H7N.H2/c1-4-5(2)3;1-3(2)4;/h4H,1-2H2,3H3;1,4H2,2H3;1H. The third-order valence-electron chi connectivity index (χ3n) is 0.348. The SMILES string of the molecule is C=C(C)N.C=CC(=C)C.[HH]. The molecule has 1 heteroatoms. The van der Waals surface area contributed by atoms with Crippen LogP contribution in [0.2, 0.25) is 0 Å². The van der Waals surface area contributed by atoms with E-state index in [1.807, 2.05) is 6.92 Å². The van der Waals surface area contributed by atoms with Crippen LogP contribution in [0.4, 0.5) is 0 Å². The first-order valence-corrected chi connectivity index (χ1v) is 2.69. The first kappa shape index (κ1) is 10.9. The molecule has 0 amide bonds. The van der Waals surface area contributed by atoms with Crippen molar-refractivity contribution in [3.05, 3.63) is 37.1 Å². The fourth-order valence-electron chi connectivity index (χ4n) is 0. The summed E-state index contributed by atoms with van der Waals surface area (Å²) >= 11 is 0. The van der Waals surface area contributed by atoms with E-state index in [9.17, 15) is 0 Å². The Kier molecular flexibility index (Phi) is 8.51. The molecule has 0 aromatic rings. The lowest BCUT2D eigenvalue weighted by Gasteiger charge is -1.71. The number of nitrogens with two attached hydrogens (primary N) is 1. The van der Waals surface area contributed by atoms with Crippen molar-refractivity contribution in [2.75, 3.05) is 0 Å². The zero-order chi connectivity index (χ0) is 7.86. The molecule has 0 saturated carbocycles. The van der Waals surface area contributed by atoms with E-state index in [1.54, 1.807) is 13.0 Å². The Morgan fingerprint density at radius 3 is 1.56 bits per heavy atom. The number of rotatable bonds is 1. The summed E-state index contributed by atoms with van der Waals surface area (Å²) < 4.78 is 0. The van der Waals surface area contributed by atoms with E-state index in [-0.39, 0.29) is 1.43 Å². The number of hydrogen-bond acceptors (Lipinski definition) is 1. The molecule has 2 N–H and O–H groups in total. The smallest absolute Gasteiger partial charge is 0 e. The van der Waals surface area contributed by atoms with Gasteiger partial charge in [-0.1, -0.05) is 31.4 Å². The predicted octanol–water partition coefficient (Wildman–Crippen LogP) is 2.47. The minimum absolute atomic E-state index is 0. The molecule has 0 aliphatic carbocycles. The molecule has 0 aliphatic rings. The molecule has 0 saturated heterocycles. The normalized spacial score (nSPS) is 6.44. The van der Waals surface area contributed by atoms with Gasteiger partial charge < -0.3 is 5.73 Å². The fraction of sp³-hybridized carbons (Fsp3) is 0.250. The van der Waals surface area contributed by atoms with Crippen LogP contribution in [0.3, 0.4) is 0 Å². The Hall–Kier alpha value is -0.980. The molecule has 0 aromatic carbocycles. The molecule has 0 rings (SSSR count). The van der Waals surface area contributed by atoms with Crippen LogP contribution in [0.15, 0.2) is 37.1 Å². The Bertz CT molecular complexity index is 112. The quantitative estimate of drug-likeness (QED) is 0.538. The van der Waals surface area contributed by atoms with Gasteiger partial charge in [-0.3, -0.25) is 0 Å². The van der Waals surface area contributed by atoms with Crippen LogP contribution in [0.25, 0.3) is 0 Å². The van der Waals surface area contributed by atoms with Crippen LogP contribution >= 0.6 is 0 Å². The van der Waals surface area contributed by atoms with Gasteiger partial charge in [-0.25, -0.2) is 0 Å². The Labute approximate surface area is 59.1 Å². The van der Waals surface area contributed by atoms with Crippen molar-refractivity contribution in [2.24, 2.45) is 5.73 Å². The fourth-order valence-corrected chi connectivity index (χ4v) is 0. The summed E-state index contributed by atoms with van der Waals surface area (Å²) in [6.45, 7) is 14.0. The highest BCUT2D eigenvalue weighted by Gasteiger charge is 1.59. The molecule has 0 heterocycles. The Balaban J connectivity index is -0.0000000910. The number of allylic oxidation sites excluding steroid dienone is 3. The molecule has 0 radical (unpaired) electrons. The first-order chi connectivity index (χ1) is 4.00. The summed E-state index contributed by atoms with van der Waals surface area (Å²) in [6, 6.07) is 0. The van der Waals surface area contributed by atoms with Crippen LogP contribution in [0.5, 0.6) is 0 Å². The van der Waals surface area contributed by atoms with Crippen LogP contribution in [-0.4, -0.2) is 0 Å². The highest BCUT2D eigenvalue weighted by molar-refractivity contribution is 5.05. The highest BCUT2D eigenvalue weighted by Crippen LogP contribution is 1.81. The van der Waals surface area contributed by atoms with Gasteiger partial charge in [0, 0.05) is 1.43 Å². The lowest BCUT2D eigenvalue weighted by molar-refractivity contribution is 1.34. The lowest BCUT2D eigenvalue weighted by atomic mass is 10.4. The van der Waals surface area contributed by atoms with Gasteiger partial charge in [0.05, 0.1) is 0 Å². The van der Waals surface area contributed by atoms with Gasteiger partial charge in [0.25, 0.3) is 0 Å². The van der Waals surface area contributed by atoms with Gasteiger partial charge in [-0.05, 0) is 19.5 Å². The second-order valence-electron chi connectivity index (χ2n) is 1.90. The summed E-state index contributed by atoms with van der Waals surface area (Å²) in [5.41, 5.74) is 6.60. The molecule has 0 aromatic heterocycles. The zero-order valence-electron chi connectivity index (χ0n) is 6.28. The lowest BCUT2D eigenvalue weighted by Crippen LogP contribution is -1.83. The van der Waals surface area contributed by atoms with Crippen molar-refractivity contribution in [1.82, 2.24) is 0 Å². The highest BCUT2D eigenvalue weighted by atomic mass is 14.5. The monoisotopic (exact) mass is 127 g/mol. The topological polar surface area (TPSA) is 26.0 Å². The van der Waals surface area contributed by atoms with Crippen LogP contribution < -0.4 is 5.73 Å². The van der Waals surface area contributed by atoms with E-state index in [1.165, 1.54) is 0 Å². The molecule has 0 bridgehead atoms. The van der Waals surface area contributed by atoms with Crippen molar-refractivity contribution in [3.63, 3.8) is 0 Å². The molecular weight excluding hydrogens is 110 g/mol. The van der Waals surface area contributed by atoms with E-state index in [2.05, 4.69) is 19.7 Å². The van der Waals surface area contributed by atoms with Crippen molar-refractivity contribution >= 4 is 0 Å². The molecule has 0 unspecified atom stereocenters. The molecule has 1 nitrogen and oxygen atoms in total. The molecule has 9 heavy (non-hydrogen) atoms. The third-order valence-corrected chi connectivity index (χ3v) is 0.348. The largest absolute Gasteiger partial charge is 0.403 e. The van der Waals surface area contributed by atoms with Crippen molar-refractivity contribution in [2.45, 2.75) is 13.8 Å². The first-order valence-electron chi connectivity index (χ1n) is 2.69. The maximum absolute atomic E-state index is 4.92. The van der Waals surface area contributed by atoms with E-state index in [0.717, 1.165) is 5.57 Å². The molecule has 0 atom stereocenters. The van der Waals surface area contributed by atoms with E-state index < -0.39 is 0 Å². The minimum atomic E-state index is 0. The zero-order valence-corrected chi connectivity index (χ0v) is 6.28. The average molecular weight is 127 g/mol. The Morgan fingerprint density at radius 1 is 1.44 bits per heavy atom. The summed E-state index contributed by atoms with van der Waals surface area (Å²) in [4.78, 5) is 0. The van der Waals surface area contributed by atoms with E-state index in [4.69, 9.17) is 5.73 Å². The summed E-state index contributed by atoms with van der Waals surface area (Å²) in [5.74, 6) is 0. The third kappa shape index (κ3) is 170. The van der Waals surface area contributed by atoms with E-state index in [0.29, 0.717) is 5.70 Å². The summed E-state index contributed by atoms with van der Waals surface area (Å²) in [7, 11) is 0.